The Morgan fingerprint density at radius 3 is 0.812 bits per heavy atom. The zero-order chi connectivity index (χ0) is 13.2. The van der Waals surface area contributed by atoms with Crippen LogP contribution in [0.1, 0.15) is 0 Å². The lowest BCUT2D eigenvalue weighted by molar-refractivity contribution is -0.207. The first kappa shape index (κ1) is 15.3. The van der Waals surface area contributed by atoms with Gasteiger partial charge < -0.3 is 0 Å². The molecule has 0 aliphatic carbocycles. The minimum absolute atomic E-state index is 0.750. The second-order valence-corrected chi connectivity index (χ2v) is 2.99. The summed E-state index contributed by atoms with van der Waals surface area (Å²) in [5.41, 5.74) is 0. The Balaban J connectivity index is 4.53. The normalized spacial score (nSPS) is 14.6. The molecule has 0 unspecified atom stereocenters. The number of hydrogen-bond donors (Lipinski definition) is 0. The maximum absolute atomic E-state index is 11.7. The summed E-state index contributed by atoms with van der Waals surface area (Å²) in [6.07, 6.45) is -15.3. The summed E-state index contributed by atoms with van der Waals surface area (Å²) in [6, 6.07) is 0. The van der Waals surface area contributed by atoms with Crippen molar-refractivity contribution in [2.45, 2.75) is 18.5 Å². The van der Waals surface area contributed by atoms with Gasteiger partial charge in [-0.3, -0.25) is 4.90 Å². The molecule has 98 valence electrons. The highest BCUT2D eigenvalue weighted by atomic mass is 19.4. The van der Waals surface area contributed by atoms with Crippen LogP contribution in [-0.4, -0.2) is 43.1 Å². The summed E-state index contributed by atoms with van der Waals surface area (Å²) in [5.74, 6) is 0. The monoisotopic (exact) mass is 263 g/mol. The van der Waals surface area contributed by atoms with E-state index >= 15 is 0 Å². The fraction of sp³-hybridized carbons (Fsp3) is 1.00. The highest BCUT2D eigenvalue weighted by Gasteiger charge is 2.42. The van der Waals surface area contributed by atoms with Gasteiger partial charge in [-0.1, -0.05) is 0 Å². The minimum Gasteiger partial charge on any atom is -0.278 e. The highest BCUT2D eigenvalue weighted by molar-refractivity contribution is 4.70. The Morgan fingerprint density at radius 1 is 0.500 bits per heavy atom. The van der Waals surface area contributed by atoms with Crippen molar-refractivity contribution in [1.82, 2.24) is 4.90 Å². The molecule has 0 fully saturated rings. The molecule has 0 aliphatic heterocycles. The number of halogens is 9. The predicted octanol–water partition coefficient (Wildman–Crippen LogP) is 2.98. The highest BCUT2D eigenvalue weighted by Crippen LogP contribution is 2.25. The summed E-state index contributed by atoms with van der Waals surface area (Å²) < 4.78 is 105. The first-order valence-corrected chi connectivity index (χ1v) is 3.71. The molecule has 0 aromatic heterocycles. The summed E-state index contributed by atoms with van der Waals surface area (Å²) in [5, 5.41) is 0. The van der Waals surface area contributed by atoms with E-state index in [2.05, 4.69) is 0 Å². The third-order valence-corrected chi connectivity index (χ3v) is 1.21. The van der Waals surface area contributed by atoms with E-state index in [1.807, 2.05) is 0 Å². The zero-order valence-electron chi connectivity index (χ0n) is 7.47. The Hall–Kier alpha value is -0.670. The maximum atomic E-state index is 11.7. The molecule has 0 heterocycles. The predicted molar refractivity (Wildman–Crippen MR) is 34.6 cm³/mol. The molecule has 0 radical (unpaired) electrons. The largest absolute Gasteiger partial charge is 0.401 e. The average Bonchev–Trinajstić information content (AvgIpc) is 1.70. The van der Waals surface area contributed by atoms with Gasteiger partial charge in [-0.15, -0.1) is 0 Å². The van der Waals surface area contributed by atoms with Crippen LogP contribution in [-0.2, 0) is 0 Å². The molecular formula is C6H6F9N. The summed E-state index contributed by atoms with van der Waals surface area (Å²) in [4.78, 5) is -0.750. The maximum Gasteiger partial charge on any atom is 0.401 e. The number of alkyl halides is 9. The molecule has 10 heteroatoms. The van der Waals surface area contributed by atoms with Crippen LogP contribution in [0.4, 0.5) is 39.5 Å². The van der Waals surface area contributed by atoms with E-state index in [1.54, 1.807) is 0 Å². The van der Waals surface area contributed by atoms with Gasteiger partial charge in [0.2, 0.25) is 0 Å². The third kappa shape index (κ3) is 9.87. The van der Waals surface area contributed by atoms with Gasteiger partial charge in [-0.05, 0) is 0 Å². The lowest BCUT2D eigenvalue weighted by atomic mass is 10.4. The summed E-state index contributed by atoms with van der Waals surface area (Å²) in [7, 11) is 0. The average molecular weight is 263 g/mol. The van der Waals surface area contributed by atoms with Crippen LogP contribution in [0.15, 0.2) is 0 Å². The lowest BCUT2D eigenvalue weighted by Crippen LogP contribution is -2.45. The molecule has 0 spiro atoms. The van der Waals surface area contributed by atoms with Crippen molar-refractivity contribution >= 4 is 0 Å². The van der Waals surface area contributed by atoms with Gasteiger partial charge in [0.15, 0.2) is 0 Å². The lowest BCUT2D eigenvalue weighted by Gasteiger charge is -2.25. The molecule has 0 saturated carbocycles. The molecule has 0 N–H and O–H groups in total. The van der Waals surface area contributed by atoms with E-state index in [9.17, 15) is 39.5 Å². The zero-order valence-corrected chi connectivity index (χ0v) is 7.47. The topological polar surface area (TPSA) is 3.24 Å². The van der Waals surface area contributed by atoms with Crippen LogP contribution in [0.3, 0.4) is 0 Å². The molecule has 0 bridgehead atoms. The van der Waals surface area contributed by atoms with Gasteiger partial charge in [0.05, 0.1) is 19.6 Å². The standard InChI is InChI=1S/C6H6F9N/c7-4(8,9)1-16(2-5(10,11)12)3-6(13,14)15/h1-3H2. The quantitative estimate of drug-likeness (QED) is 0.707. The molecule has 0 rings (SSSR count). The van der Waals surface area contributed by atoms with Crippen molar-refractivity contribution in [1.29, 1.82) is 0 Å². The second kappa shape index (κ2) is 4.68. The van der Waals surface area contributed by atoms with E-state index in [-0.39, 0.29) is 0 Å². The molecule has 0 amide bonds. The number of rotatable bonds is 3. The fourth-order valence-corrected chi connectivity index (χ4v) is 0.928. The van der Waals surface area contributed by atoms with Gasteiger partial charge in [-0.2, -0.15) is 39.5 Å². The van der Waals surface area contributed by atoms with Crippen LogP contribution >= 0.6 is 0 Å². The van der Waals surface area contributed by atoms with Crippen LogP contribution in [0.25, 0.3) is 0 Å². The third-order valence-electron chi connectivity index (χ3n) is 1.21. The van der Waals surface area contributed by atoms with Crippen LogP contribution in [0.2, 0.25) is 0 Å². The van der Waals surface area contributed by atoms with Crippen LogP contribution < -0.4 is 0 Å². The van der Waals surface area contributed by atoms with E-state index in [1.165, 1.54) is 0 Å². The summed E-state index contributed by atoms with van der Waals surface area (Å²) in [6.45, 7) is -6.77. The molecule has 0 aliphatic rings. The van der Waals surface area contributed by atoms with Gasteiger partial charge in [-0.25, -0.2) is 0 Å². The van der Waals surface area contributed by atoms with Crippen molar-refractivity contribution in [3.05, 3.63) is 0 Å². The first-order valence-electron chi connectivity index (χ1n) is 3.71. The Kier molecular flexibility index (Phi) is 4.48. The van der Waals surface area contributed by atoms with Crippen LogP contribution in [0, 0.1) is 0 Å². The van der Waals surface area contributed by atoms with Crippen LogP contribution in [0.5, 0.6) is 0 Å². The number of nitrogens with zero attached hydrogens (tertiary/aromatic N) is 1. The van der Waals surface area contributed by atoms with Crippen molar-refractivity contribution < 1.29 is 39.5 Å². The number of hydrogen-bond acceptors (Lipinski definition) is 1. The van der Waals surface area contributed by atoms with E-state index in [4.69, 9.17) is 0 Å². The molecular weight excluding hydrogens is 257 g/mol. The van der Waals surface area contributed by atoms with E-state index in [0.29, 0.717) is 0 Å². The molecule has 0 aromatic rings. The first-order chi connectivity index (χ1) is 6.79. The van der Waals surface area contributed by atoms with Crippen molar-refractivity contribution in [3.63, 3.8) is 0 Å². The summed E-state index contributed by atoms with van der Waals surface area (Å²) >= 11 is 0. The fourth-order valence-electron chi connectivity index (χ4n) is 0.928. The molecule has 0 aromatic carbocycles. The van der Waals surface area contributed by atoms with Gasteiger partial charge in [0, 0.05) is 0 Å². The molecule has 0 atom stereocenters. The molecule has 16 heavy (non-hydrogen) atoms. The van der Waals surface area contributed by atoms with Gasteiger partial charge in [0.1, 0.15) is 0 Å². The Morgan fingerprint density at radius 2 is 0.688 bits per heavy atom. The van der Waals surface area contributed by atoms with Crippen molar-refractivity contribution in [3.8, 4) is 0 Å². The smallest absolute Gasteiger partial charge is 0.278 e. The van der Waals surface area contributed by atoms with E-state index < -0.39 is 43.1 Å². The Bertz CT molecular complexity index is 173. The van der Waals surface area contributed by atoms with Gasteiger partial charge in [0.25, 0.3) is 0 Å². The van der Waals surface area contributed by atoms with Crippen molar-refractivity contribution in [2.24, 2.45) is 0 Å². The van der Waals surface area contributed by atoms with Gasteiger partial charge >= 0.3 is 18.5 Å². The van der Waals surface area contributed by atoms with E-state index in [0.717, 1.165) is 0 Å². The Labute approximate surface area is 83.8 Å². The minimum atomic E-state index is -5.11. The molecule has 1 nitrogen and oxygen atoms in total. The molecule has 0 saturated heterocycles. The SMILES string of the molecule is FC(F)(F)CN(CC(F)(F)F)CC(F)(F)F. The second-order valence-electron chi connectivity index (χ2n) is 2.99. The van der Waals surface area contributed by atoms with Crippen molar-refractivity contribution in [2.75, 3.05) is 19.6 Å².